The fraction of sp³-hybridized carbons (Fsp3) is 0.667. The fourth-order valence-electron chi connectivity index (χ4n) is 3.27. The van der Waals surface area contributed by atoms with Crippen LogP contribution in [-0.4, -0.2) is 39.5 Å². The number of halogens is 1. The summed E-state index contributed by atoms with van der Waals surface area (Å²) in [5, 5.41) is 0. The van der Waals surface area contributed by atoms with E-state index in [4.69, 9.17) is 9.47 Å². The molecule has 2 aliphatic heterocycles. The quantitative estimate of drug-likeness (QED) is 0.774. The summed E-state index contributed by atoms with van der Waals surface area (Å²) in [5.74, 6) is 0.406. The summed E-state index contributed by atoms with van der Waals surface area (Å²) in [5.41, 5.74) is 0.803. The zero-order valence-corrected chi connectivity index (χ0v) is 15.4. The number of ether oxygens (including phenoxy) is 2. The predicted molar refractivity (Wildman–Crippen MR) is 92.8 cm³/mol. The highest BCUT2D eigenvalue weighted by atomic mass is 32.2. The van der Waals surface area contributed by atoms with E-state index < -0.39 is 11.4 Å². The maximum Gasteiger partial charge on any atom is 0.137 e. The first-order valence-electron chi connectivity index (χ1n) is 8.59. The Bertz CT molecular complexity index is 572. The lowest BCUT2D eigenvalue weighted by molar-refractivity contribution is 0.139. The van der Waals surface area contributed by atoms with E-state index in [1.54, 1.807) is 6.07 Å². The molecule has 0 saturated carbocycles. The minimum absolute atomic E-state index is 0.0113. The van der Waals surface area contributed by atoms with Crippen LogP contribution in [0.2, 0.25) is 0 Å². The normalized spacial score (nSPS) is 26.7. The van der Waals surface area contributed by atoms with Gasteiger partial charge in [-0.2, -0.15) is 0 Å². The Morgan fingerprint density at radius 1 is 1.33 bits per heavy atom. The van der Waals surface area contributed by atoms with Crippen LogP contribution in [0, 0.1) is 5.82 Å². The molecule has 0 amide bonds. The van der Waals surface area contributed by atoms with Gasteiger partial charge in [0, 0.05) is 29.9 Å². The molecule has 3 atom stereocenters. The van der Waals surface area contributed by atoms with Gasteiger partial charge in [0.25, 0.3) is 0 Å². The van der Waals surface area contributed by atoms with E-state index in [0.29, 0.717) is 19.0 Å². The summed E-state index contributed by atoms with van der Waals surface area (Å²) in [6.45, 7) is 7.94. The summed E-state index contributed by atoms with van der Waals surface area (Å²) in [7, 11) is 0. The Morgan fingerprint density at radius 2 is 2.12 bits per heavy atom. The third-order valence-corrected chi connectivity index (χ3v) is 6.36. The third-order valence-electron chi connectivity index (χ3n) is 4.45. The van der Waals surface area contributed by atoms with E-state index in [-0.39, 0.29) is 22.7 Å². The molecule has 0 bridgehead atoms. The van der Waals surface area contributed by atoms with Gasteiger partial charge >= 0.3 is 0 Å². The average Bonchev–Trinajstić information content (AvgIpc) is 3.18. The van der Waals surface area contributed by atoms with Gasteiger partial charge in [0.2, 0.25) is 0 Å². The lowest BCUT2D eigenvalue weighted by atomic mass is 10.0. The molecule has 0 spiro atoms. The van der Waals surface area contributed by atoms with Gasteiger partial charge in [-0.1, -0.05) is 0 Å². The van der Waals surface area contributed by atoms with Gasteiger partial charge in [-0.15, -0.1) is 4.31 Å². The summed E-state index contributed by atoms with van der Waals surface area (Å²) >= 11 is -1.13. The number of nitrogens with zero attached hydrogens (tertiary/aromatic N) is 1. The average molecular weight is 355 g/mol. The van der Waals surface area contributed by atoms with E-state index in [1.807, 2.05) is 25.1 Å². The molecule has 0 aliphatic carbocycles. The van der Waals surface area contributed by atoms with Crippen molar-refractivity contribution < 1.29 is 18.4 Å². The minimum atomic E-state index is -1.13. The Morgan fingerprint density at radius 3 is 2.79 bits per heavy atom. The van der Waals surface area contributed by atoms with Gasteiger partial charge in [0.15, 0.2) is 0 Å². The van der Waals surface area contributed by atoms with Crippen LogP contribution in [-0.2, 0) is 16.1 Å². The molecule has 0 aromatic heterocycles. The first-order chi connectivity index (χ1) is 11.4. The molecule has 2 fully saturated rings. The van der Waals surface area contributed by atoms with Crippen LogP contribution in [0.25, 0.3) is 0 Å². The van der Waals surface area contributed by atoms with Gasteiger partial charge < -0.3 is 14.0 Å². The number of hydrogen-bond donors (Lipinski definition) is 0. The van der Waals surface area contributed by atoms with Gasteiger partial charge in [-0.25, -0.2) is 4.39 Å². The van der Waals surface area contributed by atoms with Crippen molar-refractivity contribution in [2.24, 2.45) is 0 Å². The second kappa shape index (κ2) is 7.20. The Balaban J connectivity index is 1.87. The Hall–Kier alpha value is -0.820. The Labute approximate surface area is 146 Å². The summed E-state index contributed by atoms with van der Waals surface area (Å²) in [4.78, 5) is 0. The monoisotopic (exact) mass is 355 g/mol. The molecule has 3 rings (SSSR count). The molecule has 1 aromatic carbocycles. The van der Waals surface area contributed by atoms with Gasteiger partial charge in [-0.05, 0) is 51.8 Å². The highest BCUT2D eigenvalue weighted by Crippen LogP contribution is 2.41. The van der Waals surface area contributed by atoms with Crippen LogP contribution in [0.3, 0.4) is 0 Å². The lowest BCUT2D eigenvalue weighted by Gasteiger charge is -2.34. The number of hydrogen-bond acceptors (Lipinski definition) is 4. The van der Waals surface area contributed by atoms with Gasteiger partial charge in [0.05, 0.1) is 19.3 Å². The molecule has 0 N–H and O–H groups in total. The zero-order valence-electron chi connectivity index (χ0n) is 14.6. The van der Waals surface area contributed by atoms with Gasteiger partial charge in [-0.3, -0.25) is 0 Å². The molecular formula is C18H26FNO3S. The standard InChI is InChI=1S/C18H26FNO3S/c1-18(2,3)24(21)20-9-4-5-16(20)15-11-13(19)6-7-17(15)23-14-8-10-22-12-14/h6-7,11,14,16H,4-5,8-10,12H2,1-3H3/t14-,16?,24?/m1/s1. The van der Waals surface area contributed by atoms with E-state index in [2.05, 4.69) is 0 Å². The molecule has 0 radical (unpaired) electrons. The topological polar surface area (TPSA) is 44.8 Å². The second-order valence-corrected chi connectivity index (χ2v) is 9.64. The number of benzene rings is 1. The zero-order chi connectivity index (χ0) is 17.3. The maximum atomic E-state index is 13.9. The highest BCUT2D eigenvalue weighted by molar-refractivity contribution is 7.90. The summed E-state index contributed by atoms with van der Waals surface area (Å²) < 4.78 is 39.9. The molecule has 1 aromatic rings. The molecule has 134 valence electrons. The predicted octanol–water partition coefficient (Wildman–Crippen LogP) is 3.59. The molecule has 2 heterocycles. The molecular weight excluding hydrogens is 329 g/mol. The van der Waals surface area contributed by atoms with Crippen LogP contribution in [0.15, 0.2) is 18.2 Å². The molecule has 6 heteroatoms. The first kappa shape index (κ1) is 18.0. The van der Waals surface area contributed by atoms with E-state index in [1.165, 1.54) is 12.1 Å². The SMILES string of the molecule is CC(C)(C)[S+]([O-])N1CCCC1c1cc(F)ccc1O[C@@H]1CCOC1. The minimum Gasteiger partial charge on any atom is -0.597 e. The fourth-order valence-corrected chi connectivity index (χ4v) is 4.72. The van der Waals surface area contributed by atoms with Crippen LogP contribution >= 0.6 is 0 Å². The van der Waals surface area contributed by atoms with Crippen LogP contribution in [0.1, 0.15) is 51.6 Å². The molecule has 2 unspecified atom stereocenters. The van der Waals surface area contributed by atoms with Crippen molar-refractivity contribution in [2.45, 2.75) is 56.9 Å². The highest BCUT2D eigenvalue weighted by Gasteiger charge is 2.42. The molecule has 2 saturated heterocycles. The van der Waals surface area contributed by atoms with Crippen molar-refractivity contribution in [1.29, 1.82) is 0 Å². The molecule has 2 aliphatic rings. The maximum absolute atomic E-state index is 13.9. The van der Waals surface area contributed by atoms with Crippen LogP contribution < -0.4 is 4.74 Å². The van der Waals surface area contributed by atoms with Crippen molar-refractivity contribution in [3.8, 4) is 5.75 Å². The van der Waals surface area contributed by atoms with Crippen molar-refractivity contribution in [3.63, 3.8) is 0 Å². The smallest absolute Gasteiger partial charge is 0.137 e. The largest absolute Gasteiger partial charge is 0.597 e. The van der Waals surface area contributed by atoms with Crippen molar-refractivity contribution in [1.82, 2.24) is 4.31 Å². The lowest BCUT2D eigenvalue weighted by Crippen LogP contribution is -2.42. The van der Waals surface area contributed by atoms with E-state index in [9.17, 15) is 8.94 Å². The van der Waals surface area contributed by atoms with Crippen molar-refractivity contribution in [3.05, 3.63) is 29.6 Å². The Kier molecular flexibility index (Phi) is 5.39. The molecule has 24 heavy (non-hydrogen) atoms. The summed E-state index contributed by atoms with van der Waals surface area (Å²) in [6, 6.07) is 4.58. The van der Waals surface area contributed by atoms with Crippen molar-refractivity contribution >= 4 is 11.4 Å². The second-order valence-electron chi connectivity index (χ2n) is 7.45. The first-order valence-corrected chi connectivity index (χ1v) is 9.69. The third kappa shape index (κ3) is 3.87. The van der Waals surface area contributed by atoms with Crippen LogP contribution in [0.4, 0.5) is 4.39 Å². The summed E-state index contributed by atoms with van der Waals surface area (Å²) in [6.07, 6.45) is 2.67. The van der Waals surface area contributed by atoms with Crippen molar-refractivity contribution in [2.75, 3.05) is 19.8 Å². The van der Waals surface area contributed by atoms with Gasteiger partial charge in [0.1, 0.15) is 22.4 Å². The molecule has 4 nitrogen and oxygen atoms in total. The van der Waals surface area contributed by atoms with E-state index in [0.717, 1.165) is 31.4 Å². The number of rotatable bonds is 4. The van der Waals surface area contributed by atoms with Crippen LogP contribution in [0.5, 0.6) is 5.75 Å². The van der Waals surface area contributed by atoms with E-state index >= 15 is 0 Å².